The normalized spacial score (nSPS) is 11.2. The Labute approximate surface area is 163 Å². The first-order valence-electron chi connectivity index (χ1n) is 8.20. The lowest BCUT2D eigenvalue weighted by atomic mass is 10.2. The van der Waals surface area contributed by atoms with Crippen molar-refractivity contribution < 1.29 is 39.5 Å². The van der Waals surface area contributed by atoms with Crippen LogP contribution < -0.4 is 0 Å². The lowest BCUT2D eigenvalue weighted by Crippen LogP contribution is -2.47. The molecule has 0 aliphatic rings. The van der Waals surface area contributed by atoms with Gasteiger partial charge in [-0.25, -0.2) is 9.59 Å². The molecular weight excluding hydrogens is 368 g/mol. The average Bonchev–Trinajstić information content (AvgIpc) is 2.72. The van der Waals surface area contributed by atoms with Gasteiger partial charge in [0.1, 0.15) is 6.10 Å². The molecule has 0 aliphatic carbocycles. The van der Waals surface area contributed by atoms with Crippen LogP contribution in [0.15, 0.2) is 60.7 Å². The van der Waals surface area contributed by atoms with Crippen molar-refractivity contribution >= 4 is 11.9 Å². The van der Waals surface area contributed by atoms with Crippen molar-refractivity contribution in [3.8, 4) is 0 Å². The van der Waals surface area contributed by atoms with Gasteiger partial charge in [0.05, 0.1) is 17.7 Å². The van der Waals surface area contributed by atoms with Gasteiger partial charge in [-0.05, 0) is 31.2 Å². The largest absolute Gasteiger partial charge is 0.478 e. The van der Waals surface area contributed by atoms with Crippen LogP contribution in [0.4, 0.5) is 0 Å². The van der Waals surface area contributed by atoms with Gasteiger partial charge in [-0.3, -0.25) is 0 Å². The summed E-state index contributed by atoms with van der Waals surface area (Å²) in [5.41, 5.74) is 0.662. The van der Waals surface area contributed by atoms with E-state index in [1.807, 2.05) is 0 Å². The van der Waals surface area contributed by atoms with E-state index < -0.39 is 23.8 Å². The summed E-state index contributed by atoms with van der Waals surface area (Å²) in [4.78, 5) is 20.4. The maximum Gasteiger partial charge on any atom is 0.335 e. The molecule has 2 rings (SSSR count). The van der Waals surface area contributed by atoms with E-state index in [1.54, 1.807) is 60.7 Å². The molecule has 0 heterocycles. The zero-order valence-corrected chi connectivity index (χ0v) is 16.0. The molecule has 0 aromatic heterocycles. The molecule has 0 bridgehead atoms. The summed E-state index contributed by atoms with van der Waals surface area (Å²) < 4.78 is 9.55. The van der Waals surface area contributed by atoms with E-state index in [0.29, 0.717) is 11.1 Å². The summed E-state index contributed by atoms with van der Waals surface area (Å²) in [5, 5.41) is 34.6. The SMILES string of the molecule is COC(CO)(OC)C(C)O.O=C(O)c1ccccc1.O=C(O)c1ccccc1. The Morgan fingerprint density at radius 3 is 1.29 bits per heavy atom. The summed E-state index contributed by atoms with van der Waals surface area (Å²) in [6, 6.07) is 16.6. The third-order valence-corrected chi connectivity index (χ3v) is 3.59. The van der Waals surface area contributed by atoms with Gasteiger partial charge in [-0.15, -0.1) is 0 Å². The van der Waals surface area contributed by atoms with Crippen molar-refractivity contribution in [1.82, 2.24) is 0 Å². The monoisotopic (exact) mass is 394 g/mol. The van der Waals surface area contributed by atoms with Crippen molar-refractivity contribution in [2.45, 2.75) is 18.8 Å². The maximum atomic E-state index is 10.2. The number of ether oxygens (including phenoxy) is 2. The number of hydrogen-bond acceptors (Lipinski definition) is 6. The second-order valence-electron chi connectivity index (χ2n) is 5.40. The Balaban J connectivity index is 0.000000391. The van der Waals surface area contributed by atoms with Gasteiger partial charge in [0.25, 0.3) is 0 Å². The van der Waals surface area contributed by atoms with Gasteiger partial charge >= 0.3 is 11.9 Å². The number of benzene rings is 2. The van der Waals surface area contributed by atoms with Crippen molar-refractivity contribution in [2.24, 2.45) is 0 Å². The molecule has 154 valence electrons. The molecule has 28 heavy (non-hydrogen) atoms. The molecule has 0 spiro atoms. The second-order valence-corrected chi connectivity index (χ2v) is 5.40. The van der Waals surface area contributed by atoms with Crippen LogP contribution in [0.3, 0.4) is 0 Å². The number of carboxylic acids is 2. The first kappa shape index (κ1) is 25.2. The minimum Gasteiger partial charge on any atom is -0.478 e. The fourth-order valence-corrected chi connectivity index (χ4v) is 1.85. The van der Waals surface area contributed by atoms with E-state index in [9.17, 15) is 9.59 Å². The molecular formula is C20H26O8. The van der Waals surface area contributed by atoms with Gasteiger partial charge in [0.15, 0.2) is 0 Å². The third-order valence-electron chi connectivity index (χ3n) is 3.59. The minimum absolute atomic E-state index is 0.331. The predicted octanol–water partition coefficient (Wildman–Crippen LogP) is 2.12. The van der Waals surface area contributed by atoms with E-state index >= 15 is 0 Å². The number of methoxy groups -OCH3 is 2. The van der Waals surface area contributed by atoms with E-state index in [1.165, 1.54) is 21.1 Å². The van der Waals surface area contributed by atoms with Gasteiger partial charge in [-0.1, -0.05) is 36.4 Å². The quantitative estimate of drug-likeness (QED) is 0.548. The molecule has 4 N–H and O–H groups in total. The van der Waals surface area contributed by atoms with E-state index in [4.69, 9.17) is 29.9 Å². The number of rotatable bonds is 6. The summed E-state index contributed by atoms with van der Waals surface area (Å²) in [5.74, 6) is -3.02. The van der Waals surface area contributed by atoms with E-state index in [-0.39, 0.29) is 6.61 Å². The Bertz CT molecular complexity index is 624. The van der Waals surface area contributed by atoms with E-state index in [0.717, 1.165) is 0 Å². The van der Waals surface area contributed by atoms with Crippen LogP contribution in [0.25, 0.3) is 0 Å². The predicted molar refractivity (Wildman–Crippen MR) is 102 cm³/mol. The molecule has 0 fully saturated rings. The molecule has 0 saturated heterocycles. The molecule has 2 aromatic rings. The highest BCUT2D eigenvalue weighted by Crippen LogP contribution is 2.14. The average molecular weight is 394 g/mol. The molecule has 2 aromatic carbocycles. The summed E-state index contributed by atoms with van der Waals surface area (Å²) in [7, 11) is 2.74. The Morgan fingerprint density at radius 1 is 0.857 bits per heavy atom. The third kappa shape index (κ3) is 8.74. The van der Waals surface area contributed by atoms with Crippen LogP contribution in [0, 0.1) is 0 Å². The van der Waals surface area contributed by atoms with Gasteiger partial charge in [0.2, 0.25) is 5.79 Å². The zero-order valence-electron chi connectivity index (χ0n) is 16.0. The molecule has 0 radical (unpaired) electrons. The molecule has 8 heteroatoms. The van der Waals surface area contributed by atoms with Crippen LogP contribution in [-0.2, 0) is 9.47 Å². The van der Waals surface area contributed by atoms with Crippen molar-refractivity contribution in [3.63, 3.8) is 0 Å². The minimum atomic E-state index is -1.26. The molecule has 0 amide bonds. The summed E-state index contributed by atoms with van der Waals surface area (Å²) in [6.45, 7) is 1.13. The van der Waals surface area contributed by atoms with Crippen molar-refractivity contribution in [3.05, 3.63) is 71.8 Å². The number of carbonyl (C=O) groups is 2. The standard InChI is InChI=1S/2C7H6O2.C6H14O4/c2*8-7(9)6-4-2-1-3-5-6;1-5(8)6(4-7,9-2)10-3/h2*1-5H,(H,8,9);5,7-8H,4H2,1-3H3. The first-order chi connectivity index (χ1) is 13.2. The lowest BCUT2D eigenvalue weighted by Gasteiger charge is -2.31. The lowest BCUT2D eigenvalue weighted by molar-refractivity contribution is -0.270. The number of aromatic carboxylic acids is 2. The van der Waals surface area contributed by atoms with Gasteiger partial charge in [0, 0.05) is 14.2 Å². The fraction of sp³-hybridized carbons (Fsp3) is 0.300. The zero-order chi connectivity index (χ0) is 21.6. The van der Waals surface area contributed by atoms with Gasteiger partial charge in [-0.2, -0.15) is 0 Å². The maximum absolute atomic E-state index is 10.2. The topological polar surface area (TPSA) is 134 Å². The highest BCUT2D eigenvalue weighted by molar-refractivity contribution is 5.87. The first-order valence-corrected chi connectivity index (χ1v) is 8.20. The van der Waals surface area contributed by atoms with Crippen molar-refractivity contribution in [2.75, 3.05) is 20.8 Å². The van der Waals surface area contributed by atoms with E-state index in [2.05, 4.69) is 0 Å². The fourth-order valence-electron chi connectivity index (χ4n) is 1.85. The number of hydrogen-bond donors (Lipinski definition) is 4. The Hall–Kier alpha value is -2.78. The highest BCUT2D eigenvalue weighted by atomic mass is 16.7. The molecule has 1 unspecified atom stereocenters. The van der Waals surface area contributed by atoms with Crippen LogP contribution in [0.1, 0.15) is 27.6 Å². The van der Waals surface area contributed by atoms with Crippen molar-refractivity contribution in [1.29, 1.82) is 0 Å². The summed E-state index contributed by atoms with van der Waals surface area (Å²) >= 11 is 0. The Kier molecular flexibility index (Phi) is 12.1. The van der Waals surface area contributed by atoms with Crippen LogP contribution in [0.2, 0.25) is 0 Å². The molecule has 8 nitrogen and oxygen atoms in total. The number of aliphatic hydroxyl groups excluding tert-OH is 2. The molecule has 0 aliphatic heterocycles. The van der Waals surface area contributed by atoms with Crippen LogP contribution in [0.5, 0.6) is 0 Å². The number of aliphatic hydroxyl groups is 2. The smallest absolute Gasteiger partial charge is 0.335 e. The van der Waals surface area contributed by atoms with Crippen LogP contribution >= 0.6 is 0 Å². The molecule has 0 saturated carbocycles. The van der Waals surface area contributed by atoms with Crippen LogP contribution in [-0.4, -0.2) is 65.1 Å². The van der Waals surface area contributed by atoms with Gasteiger partial charge < -0.3 is 29.9 Å². The molecule has 1 atom stereocenters. The highest BCUT2D eigenvalue weighted by Gasteiger charge is 2.34. The number of carboxylic acid groups (broad SMARTS) is 2. The second kappa shape index (κ2) is 13.4. The Morgan fingerprint density at radius 2 is 1.18 bits per heavy atom. The summed E-state index contributed by atoms with van der Waals surface area (Å²) in [6.07, 6.45) is -0.854.